The number of hydrogen-bond donors (Lipinski definition) is 1. The van der Waals surface area contributed by atoms with Crippen LogP contribution >= 0.6 is 15.9 Å². The van der Waals surface area contributed by atoms with Crippen LogP contribution in [-0.4, -0.2) is 17.2 Å². The molecule has 110 valence electrons. The van der Waals surface area contributed by atoms with E-state index in [4.69, 9.17) is 4.74 Å². The van der Waals surface area contributed by atoms with Crippen molar-refractivity contribution in [2.24, 2.45) is 5.41 Å². The van der Waals surface area contributed by atoms with Crippen molar-refractivity contribution in [2.75, 3.05) is 7.11 Å². The molecule has 3 nitrogen and oxygen atoms in total. The first-order chi connectivity index (χ1) is 9.41. The maximum atomic E-state index is 10.9. The number of rotatable bonds is 3. The third-order valence-electron chi connectivity index (χ3n) is 4.55. The summed E-state index contributed by atoms with van der Waals surface area (Å²) < 4.78 is 6.35. The summed E-state index contributed by atoms with van der Waals surface area (Å²) in [7, 11) is 1.62. The standard InChI is InChI=1S/C16H22BrNO2/c1-10-7-5-6-8-16(10,3)15(19)13-14(20-4)11(2)12(17)9-18-13/h9,15,19H,1,5-8H2,2-4H3. The van der Waals surface area contributed by atoms with Gasteiger partial charge in [-0.15, -0.1) is 0 Å². The molecule has 0 aromatic carbocycles. The molecule has 0 bridgehead atoms. The third kappa shape index (κ3) is 2.51. The molecule has 20 heavy (non-hydrogen) atoms. The first kappa shape index (κ1) is 15.5. The van der Waals surface area contributed by atoms with Gasteiger partial charge in [-0.2, -0.15) is 0 Å². The molecule has 4 heteroatoms. The van der Waals surface area contributed by atoms with E-state index >= 15 is 0 Å². The molecular formula is C16H22BrNO2. The molecule has 0 spiro atoms. The van der Waals surface area contributed by atoms with Crippen LogP contribution in [-0.2, 0) is 0 Å². The van der Waals surface area contributed by atoms with Gasteiger partial charge in [-0.3, -0.25) is 4.98 Å². The van der Waals surface area contributed by atoms with Gasteiger partial charge < -0.3 is 9.84 Å². The average Bonchev–Trinajstić information content (AvgIpc) is 2.44. The van der Waals surface area contributed by atoms with Gasteiger partial charge in [-0.25, -0.2) is 0 Å². The molecular weight excluding hydrogens is 318 g/mol. The van der Waals surface area contributed by atoms with Gasteiger partial charge in [-0.05, 0) is 42.1 Å². The first-order valence-corrected chi connectivity index (χ1v) is 7.76. The molecule has 1 aromatic heterocycles. The molecule has 1 heterocycles. The number of pyridine rings is 1. The minimum atomic E-state index is -0.683. The van der Waals surface area contributed by atoms with Crippen molar-refractivity contribution in [3.63, 3.8) is 0 Å². The predicted octanol–water partition coefficient (Wildman–Crippen LogP) is 4.33. The lowest BCUT2D eigenvalue weighted by molar-refractivity contribution is 0.0387. The van der Waals surface area contributed by atoms with E-state index in [1.807, 2.05) is 6.92 Å². The van der Waals surface area contributed by atoms with E-state index in [0.717, 1.165) is 41.3 Å². The van der Waals surface area contributed by atoms with Crippen LogP contribution in [0.1, 0.15) is 50.0 Å². The van der Waals surface area contributed by atoms with Crippen LogP contribution in [0.3, 0.4) is 0 Å². The molecule has 1 aliphatic rings. The Balaban J connectivity index is 2.45. The van der Waals surface area contributed by atoms with Gasteiger partial charge >= 0.3 is 0 Å². The van der Waals surface area contributed by atoms with Crippen LogP contribution in [0.2, 0.25) is 0 Å². The molecule has 2 unspecified atom stereocenters. The summed E-state index contributed by atoms with van der Waals surface area (Å²) in [5.74, 6) is 0.659. The lowest BCUT2D eigenvalue weighted by Crippen LogP contribution is -2.31. The minimum absolute atomic E-state index is 0.321. The lowest BCUT2D eigenvalue weighted by Gasteiger charge is -2.40. The number of aromatic nitrogens is 1. The number of halogens is 1. The van der Waals surface area contributed by atoms with Crippen molar-refractivity contribution in [1.82, 2.24) is 4.98 Å². The molecule has 2 rings (SSSR count). The molecule has 0 radical (unpaired) electrons. The Morgan fingerprint density at radius 3 is 2.80 bits per heavy atom. The summed E-state index contributed by atoms with van der Waals surface area (Å²) in [6.45, 7) is 8.21. The van der Waals surface area contributed by atoms with E-state index in [1.165, 1.54) is 0 Å². The lowest BCUT2D eigenvalue weighted by atomic mass is 9.68. The van der Waals surface area contributed by atoms with Gasteiger partial charge in [0.1, 0.15) is 17.5 Å². The van der Waals surface area contributed by atoms with Crippen LogP contribution in [0.4, 0.5) is 0 Å². The number of ether oxygens (including phenoxy) is 1. The highest BCUT2D eigenvalue weighted by Gasteiger charge is 2.40. The summed E-state index contributed by atoms with van der Waals surface area (Å²) in [6, 6.07) is 0. The van der Waals surface area contributed by atoms with E-state index in [1.54, 1.807) is 13.3 Å². The number of nitrogens with zero attached hydrogens (tertiary/aromatic N) is 1. The van der Waals surface area contributed by atoms with Crippen molar-refractivity contribution in [3.05, 3.63) is 34.1 Å². The zero-order chi connectivity index (χ0) is 14.9. The molecule has 0 aliphatic heterocycles. The van der Waals surface area contributed by atoms with E-state index in [0.29, 0.717) is 11.4 Å². The van der Waals surface area contributed by atoms with Gasteiger partial charge in [0.15, 0.2) is 0 Å². The molecule has 1 aliphatic carbocycles. The number of methoxy groups -OCH3 is 1. The first-order valence-electron chi connectivity index (χ1n) is 6.97. The fraction of sp³-hybridized carbons (Fsp3) is 0.562. The summed E-state index contributed by atoms with van der Waals surface area (Å²) in [4.78, 5) is 4.40. The number of aliphatic hydroxyl groups is 1. The topological polar surface area (TPSA) is 42.4 Å². The summed E-state index contributed by atoms with van der Waals surface area (Å²) in [5, 5.41) is 10.9. The Hall–Kier alpha value is -0.870. The average molecular weight is 340 g/mol. The van der Waals surface area contributed by atoms with Crippen molar-refractivity contribution in [1.29, 1.82) is 0 Å². The third-order valence-corrected chi connectivity index (χ3v) is 5.35. The summed E-state index contributed by atoms with van der Waals surface area (Å²) in [5.41, 5.74) is 2.36. The van der Waals surface area contributed by atoms with Crippen LogP contribution in [0.5, 0.6) is 5.75 Å². The van der Waals surface area contributed by atoms with E-state index < -0.39 is 6.10 Å². The van der Waals surface area contributed by atoms with Crippen LogP contribution in [0.15, 0.2) is 22.8 Å². The molecule has 0 amide bonds. The highest BCUT2D eigenvalue weighted by Crippen LogP contribution is 2.50. The van der Waals surface area contributed by atoms with Gasteiger partial charge in [0.25, 0.3) is 0 Å². The van der Waals surface area contributed by atoms with Gasteiger partial charge in [0.2, 0.25) is 0 Å². The zero-order valence-corrected chi connectivity index (χ0v) is 14.0. The summed E-state index contributed by atoms with van der Waals surface area (Å²) >= 11 is 3.45. The Morgan fingerprint density at radius 2 is 2.20 bits per heavy atom. The largest absolute Gasteiger partial charge is 0.494 e. The smallest absolute Gasteiger partial charge is 0.147 e. The molecule has 1 N–H and O–H groups in total. The minimum Gasteiger partial charge on any atom is -0.494 e. The fourth-order valence-corrected chi connectivity index (χ4v) is 3.24. The van der Waals surface area contributed by atoms with E-state index in [9.17, 15) is 5.11 Å². The Morgan fingerprint density at radius 1 is 1.50 bits per heavy atom. The maximum absolute atomic E-state index is 10.9. The van der Waals surface area contributed by atoms with Crippen molar-refractivity contribution in [3.8, 4) is 5.75 Å². The Kier molecular flexibility index (Phi) is 4.55. The van der Waals surface area contributed by atoms with Crippen LogP contribution in [0, 0.1) is 12.3 Å². The molecule has 1 saturated carbocycles. The molecule has 1 fully saturated rings. The zero-order valence-electron chi connectivity index (χ0n) is 12.4. The predicted molar refractivity (Wildman–Crippen MR) is 83.9 cm³/mol. The van der Waals surface area contributed by atoms with Crippen molar-refractivity contribution >= 4 is 15.9 Å². The molecule has 1 aromatic rings. The SMILES string of the molecule is C=C1CCCCC1(C)C(O)c1ncc(Br)c(C)c1OC. The quantitative estimate of drug-likeness (QED) is 0.833. The van der Waals surface area contributed by atoms with E-state index in [-0.39, 0.29) is 5.41 Å². The van der Waals surface area contributed by atoms with Crippen LogP contribution in [0.25, 0.3) is 0 Å². The Bertz CT molecular complexity index is 529. The highest BCUT2D eigenvalue weighted by molar-refractivity contribution is 9.10. The summed E-state index contributed by atoms with van der Waals surface area (Å²) in [6.07, 6.45) is 5.23. The molecule has 0 saturated heterocycles. The second-order valence-electron chi connectivity index (χ2n) is 5.78. The monoisotopic (exact) mass is 339 g/mol. The second-order valence-corrected chi connectivity index (χ2v) is 6.63. The fourth-order valence-electron chi connectivity index (χ4n) is 2.96. The van der Waals surface area contributed by atoms with Crippen LogP contribution < -0.4 is 4.74 Å². The number of hydrogen-bond acceptors (Lipinski definition) is 3. The molecule has 2 atom stereocenters. The second kappa shape index (κ2) is 5.86. The maximum Gasteiger partial charge on any atom is 0.147 e. The highest BCUT2D eigenvalue weighted by atomic mass is 79.9. The van der Waals surface area contributed by atoms with Gasteiger partial charge in [0, 0.05) is 21.6 Å². The number of aliphatic hydroxyl groups excluding tert-OH is 1. The van der Waals surface area contributed by atoms with Gasteiger partial charge in [-0.1, -0.05) is 25.5 Å². The van der Waals surface area contributed by atoms with Crippen molar-refractivity contribution in [2.45, 2.75) is 45.6 Å². The Labute approximate surface area is 129 Å². The van der Waals surface area contributed by atoms with E-state index in [2.05, 4.69) is 34.4 Å². The van der Waals surface area contributed by atoms with Crippen molar-refractivity contribution < 1.29 is 9.84 Å². The van der Waals surface area contributed by atoms with Gasteiger partial charge in [0.05, 0.1) is 7.11 Å². The normalized spacial score (nSPS) is 24.6.